The molecule has 0 spiro atoms. The Labute approximate surface area is 186 Å². The number of halogens is 4. The zero-order valence-electron chi connectivity index (χ0n) is 17.1. The minimum Gasteiger partial charge on any atom is -0.332 e. The van der Waals surface area contributed by atoms with Crippen LogP contribution in [-0.4, -0.2) is 30.5 Å². The highest BCUT2D eigenvalue weighted by Gasteiger charge is 2.35. The van der Waals surface area contributed by atoms with Gasteiger partial charge in [-0.2, -0.15) is 18.3 Å². The van der Waals surface area contributed by atoms with E-state index < -0.39 is 33.7 Å². The molecule has 0 aliphatic rings. The average Bonchev–Trinajstić information content (AvgIpc) is 3.16. The van der Waals surface area contributed by atoms with E-state index in [2.05, 4.69) is 20.5 Å². The number of sulfonamides is 1. The van der Waals surface area contributed by atoms with Crippen LogP contribution in [-0.2, 0) is 29.3 Å². The molecule has 13 heteroatoms. The maximum atomic E-state index is 13.5. The number of amides is 2. The van der Waals surface area contributed by atoms with E-state index in [-0.39, 0.29) is 24.5 Å². The Balaban J connectivity index is 1.68. The number of urea groups is 1. The number of nitrogens with one attached hydrogen (secondary N) is 3. The topological polar surface area (TPSA) is 105 Å². The summed E-state index contributed by atoms with van der Waals surface area (Å²) in [6, 6.07) is 11.2. The predicted molar refractivity (Wildman–Crippen MR) is 113 cm³/mol. The van der Waals surface area contributed by atoms with Gasteiger partial charge in [-0.25, -0.2) is 27.0 Å². The van der Waals surface area contributed by atoms with Crippen LogP contribution in [0.15, 0.2) is 54.6 Å². The number of carbonyl (C=O) groups excluding carboxylic acids is 1. The van der Waals surface area contributed by atoms with E-state index in [9.17, 15) is 30.8 Å². The zero-order valence-corrected chi connectivity index (χ0v) is 18.0. The third kappa shape index (κ3) is 7.02. The van der Waals surface area contributed by atoms with Crippen molar-refractivity contribution < 1.29 is 30.8 Å². The molecule has 0 aliphatic carbocycles. The Morgan fingerprint density at radius 3 is 2.36 bits per heavy atom. The van der Waals surface area contributed by atoms with Gasteiger partial charge in [0, 0.05) is 12.2 Å². The second kappa shape index (κ2) is 9.58. The van der Waals surface area contributed by atoms with Gasteiger partial charge >= 0.3 is 12.2 Å². The third-order valence-electron chi connectivity index (χ3n) is 4.31. The van der Waals surface area contributed by atoms with E-state index in [1.807, 2.05) is 0 Å². The summed E-state index contributed by atoms with van der Waals surface area (Å²) in [6.45, 7) is -0.237. The molecular formula is C20H19F4N5O3S. The van der Waals surface area contributed by atoms with Crippen LogP contribution in [0.3, 0.4) is 0 Å². The number of alkyl halides is 3. The molecule has 3 rings (SSSR count). The Morgan fingerprint density at radius 1 is 1.06 bits per heavy atom. The lowest BCUT2D eigenvalue weighted by atomic mass is 10.2. The molecule has 1 aromatic heterocycles. The number of hydrogen-bond donors (Lipinski definition) is 3. The first kappa shape index (κ1) is 24.2. The molecule has 1 heterocycles. The largest absolute Gasteiger partial charge is 0.435 e. The molecule has 3 aromatic rings. The van der Waals surface area contributed by atoms with Gasteiger partial charge in [0.1, 0.15) is 5.82 Å². The van der Waals surface area contributed by atoms with Crippen molar-refractivity contribution in [2.45, 2.75) is 19.3 Å². The number of anilines is 1. The molecule has 0 fully saturated rings. The van der Waals surface area contributed by atoms with Crippen LogP contribution in [0.5, 0.6) is 0 Å². The van der Waals surface area contributed by atoms with Gasteiger partial charge in [-0.15, -0.1) is 0 Å². The molecule has 0 radical (unpaired) electrons. The SMILES string of the molecule is CS(=O)(=O)NCc1ccc(NC(=O)NCc2cc(C(F)(F)F)nn2-c2cccc(F)c2)cc1. The molecule has 176 valence electrons. The minimum absolute atomic E-state index is 0.00901. The summed E-state index contributed by atoms with van der Waals surface area (Å²) in [4.78, 5) is 12.2. The van der Waals surface area contributed by atoms with Gasteiger partial charge in [0.15, 0.2) is 5.69 Å². The fourth-order valence-corrected chi connectivity index (χ4v) is 3.21. The Hall–Kier alpha value is -3.45. The molecule has 3 N–H and O–H groups in total. The van der Waals surface area contributed by atoms with Gasteiger partial charge < -0.3 is 10.6 Å². The van der Waals surface area contributed by atoms with Crippen molar-refractivity contribution in [3.05, 3.63) is 77.4 Å². The average molecular weight is 485 g/mol. The summed E-state index contributed by atoms with van der Waals surface area (Å²) in [5.74, 6) is -0.650. The van der Waals surface area contributed by atoms with Crippen molar-refractivity contribution >= 4 is 21.7 Å². The number of rotatable bonds is 7. The molecule has 8 nitrogen and oxygen atoms in total. The Kier molecular flexibility index (Phi) is 7.03. The van der Waals surface area contributed by atoms with Crippen molar-refractivity contribution in [1.29, 1.82) is 0 Å². The van der Waals surface area contributed by atoms with E-state index in [0.717, 1.165) is 29.1 Å². The summed E-state index contributed by atoms with van der Waals surface area (Å²) >= 11 is 0. The number of hydrogen-bond acceptors (Lipinski definition) is 4. The first-order valence-corrected chi connectivity index (χ1v) is 11.3. The van der Waals surface area contributed by atoms with Crippen molar-refractivity contribution in [2.75, 3.05) is 11.6 Å². The lowest BCUT2D eigenvalue weighted by molar-refractivity contribution is -0.141. The van der Waals surface area contributed by atoms with Crippen LogP contribution >= 0.6 is 0 Å². The fraction of sp³-hybridized carbons (Fsp3) is 0.200. The number of benzene rings is 2. The lowest BCUT2D eigenvalue weighted by Gasteiger charge is -2.10. The zero-order chi connectivity index (χ0) is 24.2. The van der Waals surface area contributed by atoms with Crippen molar-refractivity contribution in [1.82, 2.24) is 19.8 Å². The Bertz CT molecular complexity index is 1240. The Morgan fingerprint density at radius 2 is 1.76 bits per heavy atom. The minimum atomic E-state index is -4.72. The highest BCUT2D eigenvalue weighted by molar-refractivity contribution is 7.88. The second-order valence-corrected chi connectivity index (χ2v) is 8.84. The molecule has 0 aliphatic heterocycles. The van der Waals surface area contributed by atoms with Crippen molar-refractivity contribution in [2.24, 2.45) is 0 Å². The number of aromatic nitrogens is 2. The molecule has 33 heavy (non-hydrogen) atoms. The fourth-order valence-electron chi connectivity index (χ4n) is 2.78. The summed E-state index contributed by atoms with van der Waals surface area (Å²) in [6.07, 6.45) is -3.69. The molecule has 2 amide bonds. The summed E-state index contributed by atoms with van der Waals surface area (Å²) in [5, 5.41) is 8.45. The smallest absolute Gasteiger partial charge is 0.332 e. The van der Waals surface area contributed by atoms with Crippen LogP contribution in [0.2, 0.25) is 0 Å². The highest BCUT2D eigenvalue weighted by Crippen LogP contribution is 2.29. The number of carbonyl (C=O) groups is 1. The third-order valence-corrected chi connectivity index (χ3v) is 4.98. The van der Waals surface area contributed by atoms with Gasteiger partial charge in [0.25, 0.3) is 0 Å². The molecular weight excluding hydrogens is 466 g/mol. The predicted octanol–water partition coefficient (Wildman–Crippen LogP) is 3.40. The number of nitrogens with zero attached hydrogens (tertiary/aromatic N) is 2. The molecule has 0 saturated heterocycles. The van der Waals surface area contributed by atoms with Crippen LogP contribution in [0, 0.1) is 5.82 Å². The van der Waals surface area contributed by atoms with Gasteiger partial charge in [0.05, 0.1) is 24.2 Å². The summed E-state index contributed by atoms with van der Waals surface area (Å²) < 4.78 is 78.4. The summed E-state index contributed by atoms with van der Waals surface area (Å²) in [5.41, 5.74) is -0.0798. The van der Waals surface area contributed by atoms with Crippen LogP contribution in [0.4, 0.5) is 28.0 Å². The monoisotopic (exact) mass is 485 g/mol. The van der Waals surface area contributed by atoms with E-state index in [0.29, 0.717) is 11.3 Å². The van der Waals surface area contributed by atoms with Gasteiger partial charge in [-0.05, 0) is 42.0 Å². The molecule has 0 unspecified atom stereocenters. The van der Waals surface area contributed by atoms with Crippen LogP contribution in [0.25, 0.3) is 5.69 Å². The normalized spacial score (nSPS) is 11.9. The first-order valence-electron chi connectivity index (χ1n) is 9.41. The maximum Gasteiger partial charge on any atom is 0.435 e. The highest BCUT2D eigenvalue weighted by atomic mass is 32.2. The molecule has 2 aromatic carbocycles. The van der Waals surface area contributed by atoms with Gasteiger partial charge in [-0.3, -0.25) is 0 Å². The van der Waals surface area contributed by atoms with E-state index in [1.165, 1.54) is 24.3 Å². The van der Waals surface area contributed by atoms with Crippen LogP contribution in [0.1, 0.15) is 17.0 Å². The molecule has 0 saturated carbocycles. The lowest BCUT2D eigenvalue weighted by Crippen LogP contribution is -2.29. The molecule has 0 atom stereocenters. The first-order chi connectivity index (χ1) is 15.4. The standard InChI is InChI=1S/C20H19F4N5O3S/c1-33(31,32)26-11-13-5-7-15(8-6-13)27-19(30)25-12-17-10-18(20(22,23)24)28-29(17)16-4-2-3-14(21)9-16/h2-10,26H,11-12H2,1H3,(H2,25,27,30). The van der Waals surface area contributed by atoms with Crippen LogP contribution < -0.4 is 15.4 Å². The van der Waals surface area contributed by atoms with Crippen molar-refractivity contribution in [3.63, 3.8) is 0 Å². The quantitative estimate of drug-likeness (QED) is 0.446. The van der Waals surface area contributed by atoms with Gasteiger partial charge in [-0.1, -0.05) is 18.2 Å². The van der Waals surface area contributed by atoms with Crippen molar-refractivity contribution in [3.8, 4) is 5.69 Å². The van der Waals surface area contributed by atoms with E-state index in [1.54, 1.807) is 12.1 Å². The van der Waals surface area contributed by atoms with Gasteiger partial charge in [0.2, 0.25) is 10.0 Å². The maximum absolute atomic E-state index is 13.5. The summed E-state index contributed by atoms with van der Waals surface area (Å²) in [7, 11) is -3.35. The molecule has 0 bridgehead atoms. The van der Waals surface area contributed by atoms with E-state index in [4.69, 9.17) is 0 Å². The second-order valence-electron chi connectivity index (χ2n) is 7.01. The van der Waals surface area contributed by atoms with E-state index >= 15 is 0 Å².